The zero-order chi connectivity index (χ0) is 13.6. The van der Waals surface area contributed by atoms with Crippen LogP contribution in [0.25, 0.3) is 0 Å². The molecule has 3 N–H and O–H groups in total. The van der Waals surface area contributed by atoms with Crippen LogP contribution in [0.5, 0.6) is 0 Å². The van der Waals surface area contributed by atoms with Gasteiger partial charge in [-0.05, 0) is 30.6 Å². The Morgan fingerprint density at radius 3 is 2.39 bits per heavy atom. The molecular weight excluding hydrogens is 224 g/mol. The Hall–Kier alpha value is -0.770. The number of unbranched alkanes of at least 4 members (excludes halogenated alkanes) is 1. The first-order chi connectivity index (χ1) is 8.49. The molecule has 0 aliphatic carbocycles. The van der Waals surface area contributed by atoms with Crippen LogP contribution in [0.15, 0.2) is 4.99 Å². The maximum absolute atomic E-state index is 5.58. The average Bonchev–Trinajstić information content (AvgIpc) is 2.34. The Bertz CT molecular complexity index is 259. The van der Waals surface area contributed by atoms with Gasteiger partial charge in [-0.3, -0.25) is 10.4 Å². The maximum Gasteiger partial charge on any atom is 0.208 e. The number of nitrogens with one attached hydrogen (secondary N) is 1. The van der Waals surface area contributed by atoms with Gasteiger partial charge in [0, 0.05) is 19.6 Å². The minimum Gasteiger partial charge on any atom is -0.342 e. The molecule has 1 aliphatic rings. The van der Waals surface area contributed by atoms with E-state index >= 15 is 0 Å². The number of guanidine groups is 1. The number of hydrazine groups is 1. The number of aliphatic imine (C=N–C) groups is 1. The average molecular weight is 254 g/mol. The molecule has 4 nitrogen and oxygen atoms in total. The van der Waals surface area contributed by atoms with Gasteiger partial charge in [0.25, 0.3) is 0 Å². The molecule has 1 heterocycles. The zero-order valence-electron chi connectivity index (χ0n) is 12.5. The summed E-state index contributed by atoms with van der Waals surface area (Å²) in [6, 6.07) is 0. The van der Waals surface area contributed by atoms with Gasteiger partial charge in [0.15, 0.2) is 0 Å². The number of hydrogen-bond acceptors (Lipinski definition) is 2. The third kappa shape index (κ3) is 4.48. The summed E-state index contributed by atoms with van der Waals surface area (Å²) >= 11 is 0. The Balaban J connectivity index is 2.47. The van der Waals surface area contributed by atoms with E-state index in [1.807, 2.05) is 0 Å². The maximum atomic E-state index is 5.58. The fourth-order valence-electron chi connectivity index (χ4n) is 2.54. The van der Waals surface area contributed by atoms with Gasteiger partial charge in [-0.15, -0.1) is 0 Å². The first kappa shape index (κ1) is 15.3. The monoisotopic (exact) mass is 254 g/mol. The number of piperidine rings is 1. The van der Waals surface area contributed by atoms with Gasteiger partial charge in [-0.1, -0.05) is 34.1 Å². The number of hydrogen-bond donors (Lipinski definition) is 2. The molecule has 1 saturated heterocycles. The second-order valence-electron chi connectivity index (χ2n) is 6.33. The Morgan fingerprint density at radius 2 is 1.94 bits per heavy atom. The van der Waals surface area contributed by atoms with Crippen molar-refractivity contribution in [2.75, 3.05) is 19.6 Å². The van der Waals surface area contributed by atoms with Gasteiger partial charge in [0.2, 0.25) is 5.96 Å². The molecule has 0 amide bonds. The van der Waals surface area contributed by atoms with Crippen molar-refractivity contribution < 1.29 is 0 Å². The molecular formula is C14H30N4. The van der Waals surface area contributed by atoms with Crippen molar-refractivity contribution in [3.05, 3.63) is 0 Å². The molecule has 106 valence electrons. The zero-order valence-corrected chi connectivity index (χ0v) is 12.5. The van der Waals surface area contributed by atoms with Crippen molar-refractivity contribution >= 4 is 5.96 Å². The Labute approximate surface area is 112 Å². The van der Waals surface area contributed by atoms with Gasteiger partial charge in [0.1, 0.15) is 0 Å². The van der Waals surface area contributed by atoms with Crippen LogP contribution in [0.3, 0.4) is 0 Å². The van der Waals surface area contributed by atoms with Crippen LogP contribution in [-0.4, -0.2) is 30.5 Å². The minimum atomic E-state index is 0.418. The van der Waals surface area contributed by atoms with E-state index in [2.05, 4.69) is 43.0 Å². The van der Waals surface area contributed by atoms with Gasteiger partial charge in [-0.2, -0.15) is 0 Å². The molecule has 1 fully saturated rings. The number of rotatable bonds is 3. The molecule has 0 atom stereocenters. The lowest BCUT2D eigenvalue weighted by molar-refractivity contribution is 0.147. The summed E-state index contributed by atoms with van der Waals surface area (Å²) in [6.45, 7) is 12.2. The quantitative estimate of drug-likeness (QED) is 0.267. The number of nitrogens with zero attached hydrogens (tertiary/aromatic N) is 2. The van der Waals surface area contributed by atoms with Gasteiger partial charge in [0.05, 0.1) is 0 Å². The Morgan fingerprint density at radius 1 is 1.33 bits per heavy atom. The van der Waals surface area contributed by atoms with Crippen molar-refractivity contribution in [2.45, 2.75) is 53.4 Å². The van der Waals surface area contributed by atoms with Crippen LogP contribution in [0.1, 0.15) is 53.4 Å². The molecule has 1 rings (SSSR count). The van der Waals surface area contributed by atoms with Gasteiger partial charge < -0.3 is 4.90 Å². The van der Waals surface area contributed by atoms with Crippen LogP contribution >= 0.6 is 0 Å². The van der Waals surface area contributed by atoms with E-state index in [4.69, 9.17) is 5.84 Å². The normalized spacial score (nSPS) is 19.2. The van der Waals surface area contributed by atoms with Crippen LogP contribution < -0.4 is 11.3 Å². The largest absolute Gasteiger partial charge is 0.342 e. The third-order valence-electron chi connectivity index (χ3n) is 3.92. The van der Waals surface area contributed by atoms with Gasteiger partial charge in [-0.25, -0.2) is 5.84 Å². The van der Waals surface area contributed by atoms with E-state index in [1.165, 1.54) is 19.3 Å². The molecule has 0 aromatic rings. The second-order valence-corrected chi connectivity index (χ2v) is 6.33. The highest BCUT2D eigenvalue weighted by Crippen LogP contribution is 2.34. The lowest BCUT2D eigenvalue weighted by Gasteiger charge is -2.39. The van der Waals surface area contributed by atoms with Crippen LogP contribution in [0.4, 0.5) is 0 Å². The highest BCUT2D eigenvalue weighted by Gasteiger charge is 2.29. The topological polar surface area (TPSA) is 53.6 Å². The fraction of sp³-hybridized carbons (Fsp3) is 0.929. The first-order valence-corrected chi connectivity index (χ1v) is 7.25. The summed E-state index contributed by atoms with van der Waals surface area (Å²) in [4.78, 5) is 6.84. The molecule has 0 unspecified atom stereocenters. The van der Waals surface area contributed by atoms with Crippen LogP contribution in [-0.2, 0) is 0 Å². The van der Waals surface area contributed by atoms with Crippen LogP contribution in [0.2, 0.25) is 0 Å². The van der Waals surface area contributed by atoms with E-state index in [0.717, 1.165) is 37.9 Å². The third-order valence-corrected chi connectivity index (χ3v) is 3.92. The molecule has 0 aromatic carbocycles. The highest BCUT2D eigenvalue weighted by molar-refractivity contribution is 5.79. The van der Waals surface area contributed by atoms with E-state index in [1.54, 1.807) is 0 Å². The van der Waals surface area contributed by atoms with Gasteiger partial charge >= 0.3 is 0 Å². The van der Waals surface area contributed by atoms with E-state index in [9.17, 15) is 0 Å². The summed E-state index contributed by atoms with van der Waals surface area (Å²) in [5.74, 6) is 7.26. The molecule has 1 aliphatic heterocycles. The predicted molar refractivity (Wildman–Crippen MR) is 78.3 cm³/mol. The molecule has 0 saturated carbocycles. The van der Waals surface area contributed by atoms with E-state index in [-0.39, 0.29) is 0 Å². The summed E-state index contributed by atoms with van der Waals surface area (Å²) in [5, 5.41) is 0. The van der Waals surface area contributed by atoms with Crippen molar-refractivity contribution in [1.82, 2.24) is 10.3 Å². The van der Waals surface area contributed by atoms with Crippen molar-refractivity contribution in [2.24, 2.45) is 22.2 Å². The SMILES string of the molecule is CCCCN=C(NN)N1CCC(C(C)(C)C)CC1. The summed E-state index contributed by atoms with van der Waals surface area (Å²) in [7, 11) is 0. The van der Waals surface area contributed by atoms with E-state index in [0.29, 0.717) is 5.41 Å². The molecule has 4 heteroatoms. The van der Waals surface area contributed by atoms with Crippen LogP contribution in [0, 0.1) is 11.3 Å². The van der Waals surface area contributed by atoms with E-state index < -0.39 is 0 Å². The lowest BCUT2D eigenvalue weighted by atomic mass is 9.75. The summed E-state index contributed by atoms with van der Waals surface area (Å²) < 4.78 is 0. The number of nitrogens with two attached hydrogens (primary N) is 1. The molecule has 18 heavy (non-hydrogen) atoms. The lowest BCUT2D eigenvalue weighted by Crippen LogP contribution is -2.49. The summed E-state index contributed by atoms with van der Waals surface area (Å²) in [5.41, 5.74) is 3.18. The first-order valence-electron chi connectivity index (χ1n) is 7.25. The predicted octanol–water partition coefficient (Wildman–Crippen LogP) is 2.36. The smallest absolute Gasteiger partial charge is 0.208 e. The highest BCUT2D eigenvalue weighted by atomic mass is 15.4. The van der Waals surface area contributed by atoms with Crippen molar-refractivity contribution in [3.63, 3.8) is 0 Å². The standard InChI is InChI=1S/C14H30N4/c1-5-6-9-16-13(17-15)18-10-7-12(8-11-18)14(2,3)4/h12H,5-11,15H2,1-4H3,(H,16,17). The molecule has 0 aromatic heterocycles. The molecule has 0 bridgehead atoms. The molecule has 0 radical (unpaired) electrons. The summed E-state index contributed by atoms with van der Waals surface area (Å²) in [6.07, 6.45) is 4.77. The molecule has 0 spiro atoms. The van der Waals surface area contributed by atoms with Crippen molar-refractivity contribution in [1.29, 1.82) is 0 Å². The van der Waals surface area contributed by atoms with Crippen molar-refractivity contribution in [3.8, 4) is 0 Å². The number of likely N-dealkylation sites (tertiary alicyclic amines) is 1. The second kappa shape index (κ2) is 6.98. The fourth-order valence-corrected chi connectivity index (χ4v) is 2.54. The minimum absolute atomic E-state index is 0.418. The Kier molecular flexibility index (Phi) is 5.93.